The summed E-state index contributed by atoms with van der Waals surface area (Å²) in [6.07, 6.45) is 3.48. The molecule has 0 atom stereocenters. The van der Waals surface area contributed by atoms with Gasteiger partial charge in [0.1, 0.15) is 17.0 Å². The molecule has 2 aromatic rings. The molecule has 146 valence electrons. The number of aliphatic hydroxyl groups is 1. The zero-order chi connectivity index (χ0) is 19.7. The molecule has 0 spiro atoms. The van der Waals surface area contributed by atoms with Gasteiger partial charge in [0.2, 0.25) is 0 Å². The highest BCUT2D eigenvalue weighted by Gasteiger charge is 2.20. The summed E-state index contributed by atoms with van der Waals surface area (Å²) in [5.41, 5.74) is 0.828. The number of aliphatic hydroxyl groups excluding tert-OH is 1. The van der Waals surface area contributed by atoms with Gasteiger partial charge in [-0.05, 0) is 44.2 Å². The summed E-state index contributed by atoms with van der Waals surface area (Å²) in [5.74, 6) is 0.652. The number of hydrogen-bond donors (Lipinski definition) is 2. The Balaban J connectivity index is 0.000000791. The lowest BCUT2D eigenvalue weighted by molar-refractivity contribution is 0.132. The molecule has 0 aliphatic heterocycles. The monoisotopic (exact) mass is 382 g/mol. The van der Waals surface area contributed by atoms with Crippen LogP contribution in [0.5, 0.6) is 0 Å². The molecule has 1 aromatic heterocycles. The maximum absolute atomic E-state index is 13.8. The second-order valence-electron chi connectivity index (χ2n) is 5.84. The number of fused-ring (bicyclic) bond motifs is 1. The molecule has 3 rings (SSSR count). The van der Waals surface area contributed by atoms with Crippen LogP contribution in [0.15, 0.2) is 16.9 Å². The topological polar surface area (TPSA) is 66.0 Å². The molecule has 0 amide bonds. The van der Waals surface area contributed by atoms with Gasteiger partial charge in [-0.15, -0.1) is 0 Å². The lowest BCUT2D eigenvalue weighted by Gasteiger charge is -2.24. The number of thioether (sulfide) groups is 1. The van der Waals surface area contributed by atoms with Gasteiger partial charge in [0.15, 0.2) is 0 Å². The molecule has 0 radical (unpaired) electrons. The van der Waals surface area contributed by atoms with Crippen LogP contribution in [0, 0.1) is 12.7 Å². The third kappa shape index (κ3) is 5.81. The van der Waals surface area contributed by atoms with Crippen LogP contribution >= 0.6 is 11.8 Å². The maximum atomic E-state index is 13.8. The summed E-state index contributed by atoms with van der Waals surface area (Å²) in [6, 6.07) is 2.94. The first kappa shape index (κ1) is 22.6. The summed E-state index contributed by atoms with van der Waals surface area (Å²) in [4.78, 5) is 19.2. The Hall–Kier alpha value is -1.40. The van der Waals surface area contributed by atoms with E-state index in [0.29, 0.717) is 22.3 Å². The van der Waals surface area contributed by atoms with Crippen LogP contribution < -0.4 is 5.56 Å². The number of aromatic amines is 1. The second kappa shape index (κ2) is 11.3. The Bertz CT molecular complexity index is 740. The van der Waals surface area contributed by atoms with Crippen LogP contribution in [0.4, 0.5) is 4.39 Å². The molecule has 0 bridgehead atoms. The van der Waals surface area contributed by atoms with Gasteiger partial charge < -0.3 is 10.1 Å². The predicted molar refractivity (Wildman–Crippen MR) is 109 cm³/mol. The van der Waals surface area contributed by atoms with Gasteiger partial charge in [0, 0.05) is 5.25 Å². The molecule has 1 aliphatic rings. The number of H-pyrrole nitrogens is 1. The van der Waals surface area contributed by atoms with E-state index in [2.05, 4.69) is 9.97 Å². The van der Waals surface area contributed by atoms with E-state index in [1.165, 1.54) is 6.07 Å². The van der Waals surface area contributed by atoms with E-state index in [1.807, 2.05) is 34.6 Å². The molecule has 4 nitrogen and oxygen atoms in total. The average molecular weight is 383 g/mol. The molecule has 0 saturated heterocycles. The SMILES string of the molecule is CC.CC.Cc1ccc(F)c2c(=O)[nH]c(CSC3CCC(O)CC3)nc12. The summed E-state index contributed by atoms with van der Waals surface area (Å²) in [7, 11) is 0. The lowest BCUT2D eigenvalue weighted by Crippen LogP contribution is -2.20. The number of aryl methyl sites for hydroxylation is 1. The lowest BCUT2D eigenvalue weighted by atomic mass is 9.97. The number of hydrogen-bond acceptors (Lipinski definition) is 4. The largest absolute Gasteiger partial charge is 0.393 e. The quantitative estimate of drug-likeness (QED) is 0.787. The van der Waals surface area contributed by atoms with E-state index >= 15 is 0 Å². The highest BCUT2D eigenvalue weighted by molar-refractivity contribution is 7.99. The third-order valence-corrected chi connectivity index (χ3v) is 5.54. The average Bonchev–Trinajstić information content (AvgIpc) is 2.67. The van der Waals surface area contributed by atoms with E-state index in [0.717, 1.165) is 31.2 Å². The Kier molecular flexibility index (Phi) is 9.88. The van der Waals surface area contributed by atoms with E-state index in [9.17, 15) is 14.3 Å². The highest BCUT2D eigenvalue weighted by Crippen LogP contribution is 2.30. The minimum absolute atomic E-state index is 0.0366. The molecule has 2 N–H and O–H groups in total. The van der Waals surface area contributed by atoms with Crippen molar-refractivity contribution in [2.24, 2.45) is 0 Å². The molecular formula is C20H31FN2O2S. The van der Waals surface area contributed by atoms with Gasteiger partial charge >= 0.3 is 0 Å². The molecule has 1 aromatic carbocycles. The van der Waals surface area contributed by atoms with Crippen LogP contribution in [-0.2, 0) is 5.75 Å². The van der Waals surface area contributed by atoms with Crippen LogP contribution in [0.1, 0.15) is 64.8 Å². The first-order chi connectivity index (χ1) is 12.5. The number of rotatable bonds is 3. The van der Waals surface area contributed by atoms with E-state index in [1.54, 1.807) is 17.8 Å². The Labute approximate surface area is 159 Å². The van der Waals surface area contributed by atoms with Crippen LogP contribution in [-0.4, -0.2) is 26.4 Å². The van der Waals surface area contributed by atoms with E-state index < -0.39 is 11.4 Å². The molecule has 1 fully saturated rings. The van der Waals surface area contributed by atoms with Crippen molar-refractivity contribution in [3.8, 4) is 0 Å². The number of benzene rings is 1. The number of nitrogens with one attached hydrogen (secondary N) is 1. The standard InChI is InChI=1S/C16H19FN2O2S.2C2H6/c1-9-2-7-12(17)14-15(9)18-13(19-16(14)21)8-22-11-5-3-10(20)4-6-11;2*1-2/h2,7,10-11,20H,3-6,8H2,1H3,(H,18,19,21);2*1-2H3. The van der Waals surface area contributed by atoms with Gasteiger partial charge in [-0.1, -0.05) is 33.8 Å². The molecule has 0 unspecified atom stereocenters. The molecule has 6 heteroatoms. The predicted octanol–water partition coefficient (Wildman–Crippen LogP) is 4.96. The van der Waals surface area contributed by atoms with Crippen molar-refractivity contribution < 1.29 is 9.50 Å². The third-order valence-electron chi connectivity index (χ3n) is 4.16. The van der Waals surface area contributed by atoms with Gasteiger partial charge in [-0.3, -0.25) is 4.79 Å². The van der Waals surface area contributed by atoms with Crippen molar-refractivity contribution in [2.75, 3.05) is 0 Å². The highest BCUT2D eigenvalue weighted by atomic mass is 32.2. The van der Waals surface area contributed by atoms with Gasteiger partial charge in [0.25, 0.3) is 5.56 Å². The first-order valence-electron chi connectivity index (χ1n) is 9.52. The van der Waals surface area contributed by atoms with Gasteiger partial charge in [-0.2, -0.15) is 11.8 Å². The molecule has 1 saturated carbocycles. The molecular weight excluding hydrogens is 351 g/mol. The summed E-state index contributed by atoms with van der Waals surface area (Å²) in [6.45, 7) is 9.83. The van der Waals surface area contributed by atoms with Crippen molar-refractivity contribution in [1.29, 1.82) is 0 Å². The zero-order valence-corrected chi connectivity index (χ0v) is 17.3. The van der Waals surface area contributed by atoms with E-state index in [-0.39, 0.29) is 11.5 Å². The Morgan fingerprint density at radius 3 is 2.42 bits per heavy atom. The first-order valence-corrected chi connectivity index (χ1v) is 10.6. The van der Waals surface area contributed by atoms with Crippen molar-refractivity contribution in [1.82, 2.24) is 9.97 Å². The summed E-state index contributed by atoms with van der Waals surface area (Å²) in [5, 5.41) is 10.0. The van der Waals surface area contributed by atoms with Gasteiger partial charge in [0.05, 0.1) is 17.4 Å². The van der Waals surface area contributed by atoms with Crippen molar-refractivity contribution in [2.45, 2.75) is 77.4 Å². The fourth-order valence-electron chi connectivity index (χ4n) is 2.86. The number of halogens is 1. The van der Waals surface area contributed by atoms with Crippen molar-refractivity contribution in [3.05, 3.63) is 39.7 Å². The number of nitrogens with zero attached hydrogens (tertiary/aromatic N) is 1. The minimum atomic E-state index is -0.533. The summed E-state index contributed by atoms with van der Waals surface area (Å²) < 4.78 is 13.8. The molecule has 26 heavy (non-hydrogen) atoms. The summed E-state index contributed by atoms with van der Waals surface area (Å²) >= 11 is 1.74. The van der Waals surface area contributed by atoms with Gasteiger partial charge in [-0.25, -0.2) is 9.37 Å². The number of aromatic nitrogens is 2. The fraction of sp³-hybridized carbons (Fsp3) is 0.600. The van der Waals surface area contributed by atoms with Crippen LogP contribution in [0.3, 0.4) is 0 Å². The molecule has 1 heterocycles. The Morgan fingerprint density at radius 1 is 1.19 bits per heavy atom. The normalized spacial score (nSPS) is 19.2. The smallest absolute Gasteiger partial charge is 0.261 e. The van der Waals surface area contributed by atoms with Crippen molar-refractivity contribution in [3.63, 3.8) is 0 Å². The second-order valence-corrected chi connectivity index (χ2v) is 7.13. The minimum Gasteiger partial charge on any atom is -0.393 e. The van der Waals surface area contributed by atoms with Crippen LogP contribution in [0.2, 0.25) is 0 Å². The fourth-order valence-corrected chi connectivity index (χ4v) is 4.00. The van der Waals surface area contributed by atoms with Crippen LogP contribution in [0.25, 0.3) is 10.9 Å². The Morgan fingerprint density at radius 2 is 1.81 bits per heavy atom. The zero-order valence-electron chi connectivity index (χ0n) is 16.4. The van der Waals surface area contributed by atoms with E-state index in [4.69, 9.17) is 0 Å². The van der Waals surface area contributed by atoms with Crippen molar-refractivity contribution >= 4 is 22.7 Å². The molecule has 1 aliphatic carbocycles. The maximum Gasteiger partial charge on any atom is 0.261 e.